The molecule has 0 bridgehead atoms. The van der Waals surface area contributed by atoms with Crippen LogP contribution in [0.25, 0.3) is 11.1 Å². The van der Waals surface area contributed by atoms with Gasteiger partial charge in [0, 0.05) is 19.7 Å². The second-order valence-corrected chi connectivity index (χ2v) is 6.54. The molecular weight excluding hydrogens is 292 g/mol. The van der Waals surface area contributed by atoms with Gasteiger partial charge in [0.15, 0.2) is 11.5 Å². The van der Waals surface area contributed by atoms with Gasteiger partial charge in [0.05, 0.1) is 18.4 Å². The molecule has 1 amide bonds. The average molecular weight is 314 g/mol. The van der Waals surface area contributed by atoms with Crippen LogP contribution in [0.15, 0.2) is 28.7 Å². The summed E-state index contributed by atoms with van der Waals surface area (Å²) in [6.07, 6.45) is 4.74. The number of hydrogen-bond donors (Lipinski definition) is 0. The number of para-hydroxylation sites is 2. The summed E-state index contributed by atoms with van der Waals surface area (Å²) in [5, 5.41) is 0. The summed E-state index contributed by atoms with van der Waals surface area (Å²) in [6, 6.07) is 7.82. The topological polar surface area (TPSA) is 55.6 Å². The largest absolute Gasteiger partial charge is 0.440 e. The third-order valence-corrected chi connectivity index (χ3v) is 4.86. The van der Waals surface area contributed by atoms with E-state index < -0.39 is 0 Å². The summed E-state index contributed by atoms with van der Waals surface area (Å²) in [6.45, 7) is 2.34. The van der Waals surface area contributed by atoms with Crippen molar-refractivity contribution in [3.8, 4) is 0 Å². The van der Waals surface area contributed by atoms with Gasteiger partial charge in [-0.2, -0.15) is 0 Å². The van der Waals surface area contributed by atoms with Crippen LogP contribution >= 0.6 is 0 Å². The first-order valence-electron chi connectivity index (χ1n) is 8.54. The molecule has 122 valence electrons. The lowest BCUT2D eigenvalue weighted by Crippen LogP contribution is -2.40. The molecule has 1 aromatic carbocycles. The summed E-state index contributed by atoms with van der Waals surface area (Å²) in [5.74, 6) is 1.17. The Balaban J connectivity index is 1.44. The molecule has 5 heteroatoms. The fraction of sp³-hybridized carbons (Fsp3) is 0.556. The third-order valence-electron chi connectivity index (χ3n) is 4.86. The molecule has 2 aliphatic rings. The summed E-state index contributed by atoms with van der Waals surface area (Å²) >= 11 is 0. The second-order valence-electron chi connectivity index (χ2n) is 6.54. The van der Waals surface area contributed by atoms with E-state index in [1.54, 1.807) is 0 Å². The fourth-order valence-electron chi connectivity index (χ4n) is 3.60. The van der Waals surface area contributed by atoms with Crippen LogP contribution in [0.5, 0.6) is 0 Å². The van der Waals surface area contributed by atoms with Gasteiger partial charge < -0.3 is 14.1 Å². The smallest absolute Gasteiger partial charge is 0.225 e. The number of likely N-dealkylation sites (tertiary alicyclic amines) is 1. The Morgan fingerprint density at radius 2 is 2.17 bits per heavy atom. The monoisotopic (exact) mass is 314 g/mol. The Bertz CT molecular complexity index is 657. The number of nitrogens with zero attached hydrogens (tertiary/aromatic N) is 2. The number of oxazole rings is 1. The third kappa shape index (κ3) is 3.11. The maximum Gasteiger partial charge on any atom is 0.225 e. The number of rotatable bonds is 3. The number of amides is 1. The molecular formula is C18H22N2O3. The van der Waals surface area contributed by atoms with Gasteiger partial charge >= 0.3 is 0 Å². The van der Waals surface area contributed by atoms with Crippen LogP contribution in [0.4, 0.5) is 0 Å². The number of carbonyl (C=O) groups is 1. The van der Waals surface area contributed by atoms with Gasteiger partial charge in [0.25, 0.3) is 0 Å². The van der Waals surface area contributed by atoms with Crippen LogP contribution in [-0.2, 0) is 9.53 Å². The maximum atomic E-state index is 12.5. The number of ether oxygens (including phenoxy) is 1. The molecule has 2 atom stereocenters. The van der Waals surface area contributed by atoms with Crippen LogP contribution in [0.1, 0.15) is 43.9 Å². The highest BCUT2D eigenvalue weighted by Gasteiger charge is 2.30. The highest BCUT2D eigenvalue weighted by Crippen LogP contribution is 2.29. The van der Waals surface area contributed by atoms with Gasteiger partial charge in [0.1, 0.15) is 5.52 Å². The zero-order chi connectivity index (χ0) is 15.6. The van der Waals surface area contributed by atoms with Gasteiger partial charge in [0.2, 0.25) is 5.91 Å². The lowest BCUT2D eigenvalue weighted by Gasteiger charge is -2.32. The summed E-state index contributed by atoms with van der Waals surface area (Å²) < 4.78 is 11.5. The lowest BCUT2D eigenvalue weighted by molar-refractivity contribution is -0.134. The average Bonchev–Trinajstić information content (AvgIpc) is 3.24. The Kier molecular flexibility index (Phi) is 4.04. The lowest BCUT2D eigenvalue weighted by atomic mass is 9.97. The van der Waals surface area contributed by atoms with Crippen molar-refractivity contribution in [3.05, 3.63) is 30.2 Å². The van der Waals surface area contributed by atoms with E-state index in [0.29, 0.717) is 13.0 Å². The molecule has 4 rings (SSSR count). The first-order chi connectivity index (χ1) is 11.3. The van der Waals surface area contributed by atoms with E-state index in [0.717, 1.165) is 55.8 Å². The number of piperidine rings is 1. The van der Waals surface area contributed by atoms with E-state index >= 15 is 0 Å². The van der Waals surface area contributed by atoms with Gasteiger partial charge in [-0.25, -0.2) is 4.98 Å². The van der Waals surface area contributed by atoms with Crippen LogP contribution < -0.4 is 0 Å². The number of benzene rings is 1. The van der Waals surface area contributed by atoms with Crippen molar-refractivity contribution < 1.29 is 13.9 Å². The SMILES string of the molecule is O=C(C[C@@H]1CCCO1)N1CCC[C@H](c2nc3ccccc3o2)C1. The fourth-order valence-corrected chi connectivity index (χ4v) is 3.60. The molecule has 0 unspecified atom stereocenters. The Labute approximate surface area is 135 Å². The van der Waals surface area contributed by atoms with E-state index in [1.807, 2.05) is 29.2 Å². The van der Waals surface area contributed by atoms with Gasteiger partial charge in [-0.3, -0.25) is 4.79 Å². The Morgan fingerprint density at radius 1 is 1.26 bits per heavy atom. The molecule has 2 saturated heterocycles. The number of aromatic nitrogens is 1. The standard InChI is InChI=1S/C18H22N2O3/c21-17(11-14-6-4-10-22-14)20-9-3-5-13(12-20)18-19-15-7-1-2-8-16(15)23-18/h1-2,7-8,13-14H,3-6,9-12H2/t13-,14-/m0/s1. The first kappa shape index (κ1) is 14.7. The molecule has 2 aliphatic heterocycles. The maximum absolute atomic E-state index is 12.5. The van der Waals surface area contributed by atoms with Crippen molar-refractivity contribution in [3.63, 3.8) is 0 Å². The molecule has 0 radical (unpaired) electrons. The van der Waals surface area contributed by atoms with E-state index in [1.165, 1.54) is 0 Å². The molecule has 3 heterocycles. The van der Waals surface area contributed by atoms with Crippen LogP contribution in [0, 0.1) is 0 Å². The highest BCUT2D eigenvalue weighted by atomic mass is 16.5. The van der Waals surface area contributed by atoms with Crippen molar-refractivity contribution in [1.82, 2.24) is 9.88 Å². The minimum absolute atomic E-state index is 0.118. The van der Waals surface area contributed by atoms with Crippen LogP contribution in [0.3, 0.4) is 0 Å². The van der Waals surface area contributed by atoms with E-state index in [4.69, 9.17) is 9.15 Å². The van der Waals surface area contributed by atoms with Crippen molar-refractivity contribution in [2.75, 3.05) is 19.7 Å². The van der Waals surface area contributed by atoms with Gasteiger partial charge in [-0.05, 0) is 37.8 Å². The number of carbonyl (C=O) groups excluding carboxylic acids is 1. The molecule has 1 aromatic heterocycles. The normalized spacial score (nSPS) is 25.1. The molecule has 2 aromatic rings. The molecule has 0 saturated carbocycles. The first-order valence-corrected chi connectivity index (χ1v) is 8.54. The molecule has 2 fully saturated rings. The summed E-state index contributed by atoms with van der Waals surface area (Å²) in [7, 11) is 0. The van der Waals surface area contributed by atoms with Gasteiger partial charge in [-0.15, -0.1) is 0 Å². The molecule has 0 aliphatic carbocycles. The number of fused-ring (bicyclic) bond motifs is 1. The minimum atomic E-state index is 0.118. The molecule has 0 N–H and O–H groups in total. The molecule has 5 nitrogen and oxygen atoms in total. The highest BCUT2D eigenvalue weighted by molar-refractivity contribution is 5.77. The van der Waals surface area contributed by atoms with Crippen molar-refractivity contribution in [1.29, 1.82) is 0 Å². The van der Waals surface area contributed by atoms with E-state index in [-0.39, 0.29) is 17.9 Å². The van der Waals surface area contributed by atoms with Crippen LogP contribution in [-0.4, -0.2) is 41.6 Å². The van der Waals surface area contributed by atoms with E-state index in [2.05, 4.69) is 4.98 Å². The zero-order valence-electron chi connectivity index (χ0n) is 13.2. The predicted octanol–water partition coefficient (Wildman–Crippen LogP) is 3.10. The van der Waals surface area contributed by atoms with Crippen molar-refractivity contribution >= 4 is 17.0 Å². The zero-order valence-corrected chi connectivity index (χ0v) is 13.2. The van der Waals surface area contributed by atoms with E-state index in [9.17, 15) is 4.79 Å². The molecule has 23 heavy (non-hydrogen) atoms. The van der Waals surface area contributed by atoms with Crippen LogP contribution in [0.2, 0.25) is 0 Å². The number of hydrogen-bond acceptors (Lipinski definition) is 4. The quantitative estimate of drug-likeness (QED) is 0.873. The Hall–Kier alpha value is -1.88. The predicted molar refractivity (Wildman–Crippen MR) is 86.2 cm³/mol. The van der Waals surface area contributed by atoms with Crippen molar-refractivity contribution in [2.45, 2.75) is 44.1 Å². The van der Waals surface area contributed by atoms with Crippen molar-refractivity contribution in [2.24, 2.45) is 0 Å². The van der Waals surface area contributed by atoms with Gasteiger partial charge in [-0.1, -0.05) is 12.1 Å². The second kappa shape index (κ2) is 6.32. The minimum Gasteiger partial charge on any atom is -0.440 e. The summed E-state index contributed by atoms with van der Waals surface area (Å²) in [4.78, 5) is 19.1. The Morgan fingerprint density at radius 3 is 3.00 bits per heavy atom. The molecule has 0 spiro atoms. The summed E-state index contributed by atoms with van der Waals surface area (Å²) in [5.41, 5.74) is 1.72.